The van der Waals surface area contributed by atoms with Crippen LogP contribution >= 0.6 is 0 Å². The molecule has 0 saturated carbocycles. The van der Waals surface area contributed by atoms with Crippen molar-refractivity contribution in [3.63, 3.8) is 0 Å². The molecule has 1 aliphatic carbocycles. The standard InChI is InChI=1S/C22H32N6O/c1-2-23-22(27-18-11-12-21-25-16-26-28(21)15-18)24-13-6-14-29-20-10-5-8-17-7-3-4-9-19(17)20/h3-4,7,9,16,18,20H,2,5-6,8,10-15H2,1H3,(H2,23,24,27). The molecule has 0 fully saturated rings. The molecule has 2 heterocycles. The number of benzene rings is 1. The molecule has 0 bridgehead atoms. The summed E-state index contributed by atoms with van der Waals surface area (Å²) in [5.74, 6) is 1.95. The molecule has 0 amide bonds. The topological polar surface area (TPSA) is 76.4 Å². The first-order valence-corrected chi connectivity index (χ1v) is 10.9. The van der Waals surface area contributed by atoms with E-state index in [9.17, 15) is 0 Å². The maximum absolute atomic E-state index is 6.20. The molecule has 2 aromatic rings. The van der Waals surface area contributed by atoms with Crippen LogP contribution in [0, 0.1) is 0 Å². The second kappa shape index (κ2) is 9.87. The Morgan fingerprint density at radius 3 is 3.14 bits per heavy atom. The van der Waals surface area contributed by atoms with Gasteiger partial charge in [0.2, 0.25) is 0 Å². The van der Waals surface area contributed by atoms with E-state index in [-0.39, 0.29) is 6.10 Å². The van der Waals surface area contributed by atoms with Crippen LogP contribution in [0.3, 0.4) is 0 Å². The largest absolute Gasteiger partial charge is 0.373 e. The van der Waals surface area contributed by atoms with Gasteiger partial charge < -0.3 is 15.4 Å². The van der Waals surface area contributed by atoms with Crippen molar-refractivity contribution in [3.05, 3.63) is 47.5 Å². The van der Waals surface area contributed by atoms with E-state index in [1.807, 2.05) is 4.68 Å². The minimum atomic E-state index is 0.245. The van der Waals surface area contributed by atoms with Crippen molar-refractivity contribution in [1.29, 1.82) is 0 Å². The van der Waals surface area contributed by atoms with Gasteiger partial charge in [0.25, 0.3) is 0 Å². The highest BCUT2D eigenvalue weighted by Crippen LogP contribution is 2.32. The average molecular weight is 397 g/mol. The molecule has 1 aliphatic heterocycles. The molecule has 0 saturated heterocycles. The monoisotopic (exact) mass is 396 g/mol. The van der Waals surface area contributed by atoms with Gasteiger partial charge >= 0.3 is 0 Å². The molecule has 0 radical (unpaired) electrons. The van der Waals surface area contributed by atoms with Gasteiger partial charge in [-0.25, -0.2) is 9.67 Å². The van der Waals surface area contributed by atoms with E-state index in [0.29, 0.717) is 6.04 Å². The molecule has 2 N–H and O–H groups in total. The number of nitrogens with zero attached hydrogens (tertiary/aromatic N) is 4. The van der Waals surface area contributed by atoms with Crippen molar-refractivity contribution in [2.75, 3.05) is 19.7 Å². The van der Waals surface area contributed by atoms with Gasteiger partial charge in [-0.15, -0.1) is 0 Å². The molecular formula is C22H32N6O. The summed E-state index contributed by atoms with van der Waals surface area (Å²) < 4.78 is 8.19. The van der Waals surface area contributed by atoms with Crippen molar-refractivity contribution < 1.29 is 4.74 Å². The first-order chi connectivity index (χ1) is 14.3. The van der Waals surface area contributed by atoms with Crippen LogP contribution in [0.5, 0.6) is 0 Å². The maximum atomic E-state index is 6.20. The second-order valence-electron chi connectivity index (χ2n) is 7.80. The zero-order valence-corrected chi connectivity index (χ0v) is 17.3. The van der Waals surface area contributed by atoms with Gasteiger partial charge in [-0.2, -0.15) is 5.10 Å². The Balaban J connectivity index is 1.23. The number of hydrogen-bond donors (Lipinski definition) is 2. The second-order valence-corrected chi connectivity index (χ2v) is 7.80. The number of guanidine groups is 1. The van der Waals surface area contributed by atoms with Gasteiger partial charge in [-0.1, -0.05) is 24.3 Å². The predicted octanol–water partition coefficient (Wildman–Crippen LogP) is 2.63. The molecule has 7 heteroatoms. The van der Waals surface area contributed by atoms with Crippen LogP contribution in [-0.2, 0) is 24.1 Å². The molecule has 1 aromatic heterocycles. The summed E-state index contributed by atoms with van der Waals surface area (Å²) in [4.78, 5) is 9.04. The van der Waals surface area contributed by atoms with Gasteiger partial charge in [-0.05, 0) is 50.2 Å². The highest BCUT2D eigenvalue weighted by atomic mass is 16.5. The lowest BCUT2D eigenvalue weighted by molar-refractivity contribution is 0.0403. The smallest absolute Gasteiger partial charge is 0.191 e. The highest BCUT2D eigenvalue weighted by Gasteiger charge is 2.21. The number of hydrogen-bond acceptors (Lipinski definition) is 4. The molecule has 0 spiro atoms. The van der Waals surface area contributed by atoms with Crippen LogP contribution in [0.15, 0.2) is 35.6 Å². The fourth-order valence-electron chi connectivity index (χ4n) is 4.23. The van der Waals surface area contributed by atoms with E-state index in [0.717, 1.165) is 63.7 Å². The summed E-state index contributed by atoms with van der Waals surface area (Å²) in [6, 6.07) is 9.03. The van der Waals surface area contributed by atoms with Gasteiger partial charge in [0, 0.05) is 32.2 Å². The van der Waals surface area contributed by atoms with Crippen molar-refractivity contribution in [3.8, 4) is 0 Å². The third-order valence-electron chi connectivity index (χ3n) is 5.70. The molecule has 156 valence electrons. The van der Waals surface area contributed by atoms with Crippen LogP contribution < -0.4 is 10.6 Å². The highest BCUT2D eigenvalue weighted by molar-refractivity contribution is 5.80. The number of ether oxygens (including phenoxy) is 1. The Morgan fingerprint density at radius 1 is 1.28 bits per heavy atom. The first kappa shape index (κ1) is 19.9. The zero-order chi connectivity index (χ0) is 19.9. The van der Waals surface area contributed by atoms with E-state index in [2.05, 4.69) is 51.9 Å². The van der Waals surface area contributed by atoms with Crippen molar-refractivity contribution in [2.24, 2.45) is 4.99 Å². The van der Waals surface area contributed by atoms with E-state index in [1.54, 1.807) is 6.33 Å². The number of fused-ring (bicyclic) bond motifs is 2. The molecule has 29 heavy (non-hydrogen) atoms. The van der Waals surface area contributed by atoms with Crippen LogP contribution in [-0.4, -0.2) is 46.5 Å². The molecule has 4 rings (SSSR count). The SMILES string of the molecule is CCNC(=NCCCOC1CCCc2ccccc21)NC1CCc2ncnn2C1. The zero-order valence-electron chi connectivity index (χ0n) is 17.3. The molecule has 2 aliphatic rings. The lowest BCUT2D eigenvalue weighted by Crippen LogP contribution is -2.47. The van der Waals surface area contributed by atoms with Crippen molar-refractivity contribution in [2.45, 2.75) is 64.1 Å². The Hall–Kier alpha value is -2.41. The molecule has 7 nitrogen and oxygen atoms in total. The Bertz CT molecular complexity index is 817. The van der Waals surface area contributed by atoms with Crippen LogP contribution in [0.4, 0.5) is 0 Å². The van der Waals surface area contributed by atoms with Crippen molar-refractivity contribution >= 4 is 5.96 Å². The molecular weight excluding hydrogens is 364 g/mol. The van der Waals surface area contributed by atoms with E-state index in [1.165, 1.54) is 24.0 Å². The maximum Gasteiger partial charge on any atom is 0.191 e. The van der Waals surface area contributed by atoms with E-state index in [4.69, 9.17) is 9.73 Å². The minimum absolute atomic E-state index is 0.245. The van der Waals surface area contributed by atoms with Crippen molar-refractivity contribution in [1.82, 2.24) is 25.4 Å². The lowest BCUT2D eigenvalue weighted by atomic mass is 9.89. The lowest BCUT2D eigenvalue weighted by Gasteiger charge is -2.26. The van der Waals surface area contributed by atoms with Gasteiger partial charge in [-0.3, -0.25) is 4.99 Å². The third kappa shape index (κ3) is 5.15. The van der Waals surface area contributed by atoms with Crippen LogP contribution in [0.25, 0.3) is 0 Å². The first-order valence-electron chi connectivity index (χ1n) is 10.9. The molecule has 2 unspecified atom stereocenters. The summed E-state index contributed by atoms with van der Waals surface area (Å²) in [6.45, 7) is 5.28. The summed E-state index contributed by atoms with van der Waals surface area (Å²) >= 11 is 0. The van der Waals surface area contributed by atoms with E-state index >= 15 is 0 Å². The van der Waals surface area contributed by atoms with Crippen LogP contribution in [0.2, 0.25) is 0 Å². The number of aryl methyl sites for hydroxylation is 2. The fraction of sp³-hybridized carbons (Fsp3) is 0.591. The Morgan fingerprint density at radius 2 is 2.21 bits per heavy atom. The van der Waals surface area contributed by atoms with E-state index < -0.39 is 0 Å². The summed E-state index contributed by atoms with van der Waals surface area (Å²) in [5, 5.41) is 11.2. The van der Waals surface area contributed by atoms with Gasteiger partial charge in [0.15, 0.2) is 5.96 Å². The average Bonchev–Trinajstić information content (AvgIpc) is 3.21. The van der Waals surface area contributed by atoms with Gasteiger partial charge in [0.1, 0.15) is 12.2 Å². The summed E-state index contributed by atoms with van der Waals surface area (Å²) in [7, 11) is 0. The van der Waals surface area contributed by atoms with Gasteiger partial charge in [0.05, 0.1) is 12.6 Å². The van der Waals surface area contributed by atoms with Crippen LogP contribution in [0.1, 0.15) is 55.7 Å². The number of rotatable bonds is 7. The number of nitrogens with one attached hydrogen (secondary N) is 2. The Kier molecular flexibility index (Phi) is 6.77. The summed E-state index contributed by atoms with van der Waals surface area (Å²) in [6.07, 6.45) is 8.32. The number of aromatic nitrogens is 3. The third-order valence-corrected chi connectivity index (χ3v) is 5.70. The number of aliphatic imine (C=N–C) groups is 1. The summed E-state index contributed by atoms with van der Waals surface area (Å²) in [5.41, 5.74) is 2.82. The predicted molar refractivity (Wildman–Crippen MR) is 114 cm³/mol. The quantitative estimate of drug-likeness (QED) is 0.427. The normalized spacial score (nSPS) is 21.3. The molecule has 1 aromatic carbocycles. The fourth-order valence-corrected chi connectivity index (χ4v) is 4.23. The Labute approximate surface area is 173 Å². The molecule has 2 atom stereocenters. The minimum Gasteiger partial charge on any atom is -0.373 e.